The first-order valence-corrected chi connectivity index (χ1v) is 7.16. The van der Waals surface area contributed by atoms with Crippen molar-refractivity contribution in [2.45, 2.75) is 45.2 Å². The zero-order chi connectivity index (χ0) is 15.6. The number of anilines is 1. The number of rotatable bonds is 5. The van der Waals surface area contributed by atoms with E-state index in [2.05, 4.69) is 10.4 Å². The summed E-state index contributed by atoms with van der Waals surface area (Å²) in [5.74, 6) is -0.460. The molecule has 0 radical (unpaired) electrons. The molecule has 0 aromatic carbocycles. The third kappa shape index (κ3) is 3.07. The van der Waals surface area contributed by atoms with E-state index in [1.807, 2.05) is 13.8 Å². The second-order valence-electron chi connectivity index (χ2n) is 5.91. The third-order valence-corrected chi connectivity index (χ3v) is 4.01. The Morgan fingerprint density at radius 2 is 2.24 bits per heavy atom. The van der Waals surface area contributed by atoms with Crippen LogP contribution in [0.3, 0.4) is 0 Å². The van der Waals surface area contributed by atoms with Crippen molar-refractivity contribution in [3.63, 3.8) is 0 Å². The quantitative estimate of drug-likeness (QED) is 0.855. The number of amides is 1. The van der Waals surface area contributed by atoms with E-state index in [1.54, 1.807) is 28.8 Å². The molecule has 1 saturated heterocycles. The average molecular weight is 294 g/mol. The summed E-state index contributed by atoms with van der Waals surface area (Å²) >= 11 is 0. The number of aliphatic carboxylic acids is 1. The van der Waals surface area contributed by atoms with Crippen LogP contribution >= 0.6 is 0 Å². The molecule has 1 unspecified atom stereocenters. The van der Waals surface area contributed by atoms with Crippen molar-refractivity contribution < 1.29 is 14.7 Å². The summed E-state index contributed by atoms with van der Waals surface area (Å²) in [6.45, 7) is 6.33. The molecule has 21 heavy (non-hydrogen) atoms. The number of hydrogen-bond acceptors (Lipinski definition) is 4. The molecule has 7 nitrogen and oxygen atoms in total. The van der Waals surface area contributed by atoms with Gasteiger partial charge in [0.15, 0.2) is 0 Å². The molecule has 2 rings (SSSR count). The van der Waals surface area contributed by atoms with E-state index in [0.29, 0.717) is 18.8 Å². The Kier molecular flexibility index (Phi) is 4.32. The van der Waals surface area contributed by atoms with Crippen LogP contribution in [0.25, 0.3) is 0 Å². The van der Waals surface area contributed by atoms with Gasteiger partial charge in [-0.2, -0.15) is 5.10 Å². The first-order chi connectivity index (χ1) is 9.84. The lowest BCUT2D eigenvalue weighted by atomic mass is 9.99. The zero-order valence-electron chi connectivity index (χ0n) is 12.7. The molecule has 0 aliphatic carbocycles. The monoisotopic (exact) mass is 294 g/mol. The number of nitrogens with zero attached hydrogens (tertiary/aromatic N) is 3. The molecule has 1 fully saturated rings. The SMILES string of the molecule is CC(C)n1nccc1NC(=O)CN1CCCC1(C)C(=O)O. The van der Waals surface area contributed by atoms with E-state index in [1.165, 1.54) is 0 Å². The number of carboxylic acids is 1. The van der Waals surface area contributed by atoms with Crippen molar-refractivity contribution in [3.05, 3.63) is 12.3 Å². The maximum Gasteiger partial charge on any atom is 0.323 e. The molecule has 0 spiro atoms. The van der Waals surface area contributed by atoms with Gasteiger partial charge in [0.25, 0.3) is 0 Å². The highest BCUT2D eigenvalue weighted by atomic mass is 16.4. The molecule has 1 amide bonds. The summed E-state index contributed by atoms with van der Waals surface area (Å²) in [7, 11) is 0. The largest absolute Gasteiger partial charge is 0.480 e. The van der Waals surface area contributed by atoms with Crippen LogP contribution in [0.5, 0.6) is 0 Å². The summed E-state index contributed by atoms with van der Waals surface area (Å²) in [5.41, 5.74) is -0.949. The minimum absolute atomic E-state index is 0.0755. The molecule has 2 N–H and O–H groups in total. The normalized spacial score (nSPS) is 22.7. The lowest BCUT2D eigenvalue weighted by Gasteiger charge is -2.30. The standard InChI is InChI=1S/C14H22N4O3/c1-10(2)18-11(5-7-15-18)16-12(19)9-17-8-4-6-14(17,3)13(20)21/h5,7,10H,4,6,8-9H2,1-3H3,(H,16,19)(H,20,21). The van der Waals surface area contributed by atoms with Crippen molar-refractivity contribution in [1.82, 2.24) is 14.7 Å². The Hall–Kier alpha value is -1.89. The fraction of sp³-hybridized carbons (Fsp3) is 0.643. The van der Waals surface area contributed by atoms with E-state index in [0.717, 1.165) is 6.42 Å². The van der Waals surface area contributed by atoms with Crippen LogP contribution in [0, 0.1) is 0 Å². The van der Waals surface area contributed by atoms with Crippen LogP contribution in [0.4, 0.5) is 5.82 Å². The Morgan fingerprint density at radius 3 is 2.86 bits per heavy atom. The van der Waals surface area contributed by atoms with Gasteiger partial charge in [-0.1, -0.05) is 0 Å². The number of carbonyl (C=O) groups excluding carboxylic acids is 1. The Morgan fingerprint density at radius 1 is 1.52 bits per heavy atom. The van der Waals surface area contributed by atoms with Crippen LogP contribution in [-0.4, -0.2) is 50.3 Å². The molecule has 1 aliphatic rings. The van der Waals surface area contributed by atoms with Crippen LogP contribution < -0.4 is 5.32 Å². The van der Waals surface area contributed by atoms with Crippen molar-refractivity contribution in [2.75, 3.05) is 18.4 Å². The number of carbonyl (C=O) groups is 2. The number of aromatic nitrogens is 2. The fourth-order valence-corrected chi connectivity index (χ4v) is 2.70. The molecule has 0 saturated carbocycles. The van der Waals surface area contributed by atoms with E-state index >= 15 is 0 Å². The molecular formula is C14H22N4O3. The van der Waals surface area contributed by atoms with Gasteiger partial charge in [0, 0.05) is 12.1 Å². The number of hydrogen-bond donors (Lipinski definition) is 2. The predicted octanol–water partition coefficient (Wildman–Crippen LogP) is 1.34. The molecule has 1 aliphatic heterocycles. The minimum atomic E-state index is -0.949. The summed E-state index contributed by atoms with van der Waals surface area (Å²) in [5, 5.41) is 16.3. The van der Waals surface area contributed by atoms with Crippen molar-refractivity contribution in [3.8, 4) is 0 Å². The Balaban J connectivity index is 2.02. The molecule has 2 heterocycles. The molecule has 1 aromatic heterocycles. The number of nitrogens with one attached hydrogen (secondary N) is 1. The highest BCUT2D eigenvalue weighted by molar-refractivity contribution is 5.92. The highest BCUT2D eigenvalue weighted by Crippen LogP contribution is 2.28. The fourth-order valence-electron chi connectivity index (χ4n) is 2.70. The average Bonchev–Trinajstić information content (AvgIpc) is 2.98. The van der Waals surface area contributed by atoms with Crippen LogP contribution in [0.1, 0.15) is 39.7 Å². The second-order valence-corrected chi connectivity index (χ2v) is 5.91. The summed E-state index contributed by atoms with van der Waals surface area (Å²) < 4.78 is 1.72. The molecule has 1 atom stereocenters. The number of likely N-dealkylation sites (tertiary alicyclic amines) is 1. The van der Waals surface area contributed by atoms with Gasteiger partial charge in [0.05, 0.1) is 12.7 Å². The summed E-state index contributed by atoms with van der Waals surface area (Å²) in [6, 6.07) is 1.88. The molecular weight excluding hydrogens is 272 g/mol. The van der Waals surface area contributed by atoms with Gasteiger partial charge in [-0.3, -0.25) is 14.5 Å². The smallest absolute Gasteiger partial charge is 0.323 e. The van der Waals surface area contributed by atoms with Crippen molar-refractivity contribution >= 4 is 17.7 Å². The highest BCUT2D eigenvalue weighted by Gasteiger charge is 2.43. The van der Waals surface area contributed by atoms with E-state index in [-0.39, 0.29) is 18.5 Å². The maximum atomic E-state index is 12.2. The molecule has 0 bridgehead atoms. The Bertz CT molecular complexity index is 540. The first kappa shape index (κ1) is 15.5. The predicted molar refractivity (Wildman–Crippen MR) is 78.1 cm³/mol. The van der Waals surface area contributed by atoms with Gasteiger partial charge in [-0.15, -0.1) is 0 Å². The minimum Gasteiger partial charge on any atom is -0.480 e. The van der Waals surface area contributed by atoms with Gasteiger partial charge in [0.1, 0.15) is 11.4 Å². The lowest BCUT2D eigenvalue weighted by Crippen LogP contribution is -2.50. The maximum absolute atomic E-state index is 12.2. The van der Waals surface area contributed by atoms with Crippen molar-refractivity contribution in [1.29, 1.82) is 0 Å². The van der Waals surface area contributed by atoms with Gasteiger partial charge in [0.2, 0.25) is 5.91 Å². The molecule has 116 valence electrons. The van der Waals surface area contributed by atoms with E-state index in [9.17, 15) is 14.7 Å². The Labute approximate surface area is 123 Å². The number of carboxylic acid groups (broad SMARTS) is 1. The first-order valence-electron chi connectivity index (χ1n) is 7.16. The van der Waals surface area contributed by atoms with Gasteiger partial charge < -0.3 is 10.4 Å². The van der Waals surface area contributed by atoms with E-state index in [4.69, 9.17) is 0 Å². The van der Waals surface area contributed by atoms with Gasteiger partial charge in [-0.25, -0.2) is 4.68 Å². The second kappa shape index (κ2) is 5.85. The zero-order valence-corrected chi connectivity index (χ0v) is 12.7. The van der Waals surface area contributed by atoms with Crippen molar-refractivity contribution in [2.24, 2.45) is 0 Å². The lowest BCUT2D eigenvalue weighted by molar-refractivity contribution is -0.149. The topological polar surface area (TPSA) is 87.5 Å². The van der Waals surface area contributed by atoms with Crippen LogP contribution in [0.15, 0.2) is 12.3 Å². The molecule has 1 aromatic rings. The van der Waals surface area contributed by atoms with Gasteiger partial charge >= 0.3 is 5.97 Å². The third-order valence-electron chi connectivity index (χ3n) is 4.01. The van der Waals surface area contributed by atoms with Crippen LogP contribution in [-0.2, 0) is 9.59 Å². The van der Waals surface area contributed by atoms with Crippen LogP contribution in [0.2, 0.25) is 0 Å². The summed E-state index contributed by atoms with van der Waals surface area (Å²) in [4.78, 5) is 25.3. The van der Waals surface area contributed by atoms with E-state index < -0.39 is 11.5 Å². The molecule has 7 heteroatoms. The summed E-state index contributed by atoms with van der Waals surface area (Å²) in [6.07, 6.45) is 2.99. The van der Waals surface area contributed by atoms with Gasteiger partial charge in [-0.05, 0) is 40.2 Å².